The van der Waals surface area contributed by atoms with Crippen LogP contribution in [0.15, 0.2) is 77.9 Å². The Balaban J connectivity index is 1.34. The lowest BCUT2D eigenvalue weighted by atomic mass is 10.1. The van der Waals surface area contributed by atoms with Crippen LogP contribution >= 0.6 is 0 Å². The highest BCUT2D eigenvalue weighted by Crippen LogP contribution is 2.26. The first-order valence-electron chi connectivity index (χ1n) is 10.9. The predicted octanol–water partition coefficient (Wildman–Crippen LogP) is 5.33. The molecule has 0 spiro atoms. The first-order valence-corrected chi connectivity index (χ1v) is 10.9. The SMILES string of the molecule is CCn1c2ccccc2c2nnc(N/N=C/c3ccccc3OCc3ccc(C)cc3)nc21. The molecule has 0 fully saturated rings. The predicted molar refractivity (Wildman–Crippen MR) is 132 cm³/mol. The van der Waals surface area contributed by atoms with Crippen molar-refractivity contribution in [2.45, 2.75) is 27.0 Å². The number of anilines is 1. The quantitative estimate of drug-likeness (QED) is 0.275. The van der Waals surface area contributed by atoms with Crippen LogP contribution in [-0.4, -0.2) is 26.0 Å². The van der Waals surface area contributed by atoms with E-state index in [4.69, 9.17) is 4.74 Å². The molecule has 33 heavy (non-hydrogen) atoms. The van der Waals surface area contributed by atoms with Crippen molar-refractivity contribution >= 4 is 34.2 Å². The summed E-state index contributed by atoms with van der Waals surface area (Å²) in [7, 11) is 0. The van der Waals surface area contributed by atoms with Gasteiger partial charge in [-0.1, -0.05) is 60.2 Å². The maximum atomic E-state index is 6.02. The molecule has 2 aromatic heterocycles. The molecular weight excluding hydrogens is 412 g/mol. The van der Waals surface area contributed by atoms with Crippen LogP contribution in [0.4, 0.5) is 5.95 Å². The number of para-hydroxylation sites is 2. The van der Waals surface area contributed by atoms with E-state index in [1.54, 1.807) is 6.21 Å². The van der Waals surface area contributed by atoms with Gasteiger partial charge >= 0.3 is 0 Å². The summed E-state index contributed by atoms with van der Waals surface area (Å²) in [6.07, 6.45) is 1.70. The Morgan fingerprint density at radius 1 is 0.970 bits per heavy atom. The van der Waals surface area contributed by atoms with Gasteiger partial charge in [0.25, 0.3) is 5.95 Å². The molecule has 2 heterocycles. The zero-order valence-electron chi connectivity index (χ0n) is 18.6. The van der Waals surface area contributed by atoms with Crippen molar-refractivity contribution in [1.82, 2.24) is 19.7 Å². The summed E-state index contributed by atoms with van der Waals surface area (Å²) < 4.78 is 8.15. The molecular formula is C26H24N6O. The maximum absolute atomic E-state index is 6.02. The van der Waals surface area contributed by atoms with Gasteiger partial charge in [-0.05, 0) is 37.6 Å². The second kappa shape index (κ2) is 9.08. The maximum Gasteiger partial charge on any atom is 0.265 e. The third-order valence-electron chi connectivity index (χ3n) is 5.49. The zero-order chi connectivity index (χ0) is 22.6. The van der Waals surface area contributed by atoms with Gasteiger partial charge in [-0.15, -0.1) is 10.2 Å². The number of aryl methyl sites for hydroxylation is 2. The first kappa shape index (κ1) is 20.6. The normalized spacial score (nSPS) is 11.5. The van der Waals surface area contributed by atoms with Crippen LogP contribution in [0.2, 0.25) is 0 Å². The van der Waals surface area contributed by atoms with Gasteiger partial charge in [0.05, 0.1) is 11.7 Å². The highest BCUT2D eigenvalue weighted by molar-refractivity contribution is 6.04. The van der Waals surface area contributed by atoms with Crippen molar-refractivity contribution < 1.29 is 4.74 Å². The van der Waals surface area contributed by atoms with Gasteiger partial charge in [0.1, 0.15) is 17.9 Å². The highest BCUT2D eigenvalue weighted by Gasteiger charge is 2.13. The minimum absolute atomic E-state index is 0.342. The van der Waals surface area contributed by atoms with Crippen molar-refractivity contribution in [2.75, 3.05) is 5.43 Å². The number of nitrogens with one attached hydrogen (secondary N) is 1. The number of benzene rings is 3. The van der Waals surface area contributed by atoms with Crippen molar-refractivity contribution in [3.05, 3.63) is 89.5 Å². The molecule has 0 aliphatic heterocycles. The van der Waals surface area contributed by atoms with Crippen LogP contribution in [0.5, 0.6) is 5.75 Å². The Hall–Kier alpha value is -4.26. The summed E-state index contributed by atoms with van der Waals surface area (Å²) in [6, 6.07) is 24.2. The Morgan fingerprint density at radius 2 is 1.76 bits per heavy atom. The van der Waals surface area contributed by atoms with Crippen LogP contribution < -0.4 is 10.2 Å². The number of hydrogen-bond donors (Lipinski definition) is 1. The van der Waals surface area contributed by atoms with E-state index in [0.29, 0.717) is 12.6 Å². The molecule has 0 bridgehead atoms. The van der Waals surface area contributed by atoms with E-state index < -0.39 is 0 Å². The van der Waals surface area contributed by atoms with E-state index in [-0.39, 0.29) is 0 Å². The smallest absolute Gasteiger partial charge is 0.265 e. The summed E-state index contributed by atoms with van der Waals surface area (Å²) >= 11 is 0. The van der Waals surface area contributed by atoms with Gasteiger partial charge in [0.2, 0.25) is 0 Å². The summed E-state index contributed by atoms with van der Waals surface area (Å²) in [5.74, 6) is 1.10. The number of nitrogens with zero attached hydrogens (tertiary/aromatic N) is 5. The number of ether oxygens (including phenoxy) is 1. The molecule has 0 saturated heterocycles. The third-order valence-corrected chi connectivity index (χ3v) is 5.49. The van der Waals surface area contributed by atoms with Crippen LogP contribution in [0, 0.1) is 6.92 Å². The van der Waals surface area contributed by atoms with E-state index in [1.807, 2.05) is 42.5 Å². The standard InChI is InChI=1S/C26H24N6O/c1-3-32-22-10-6-5-9-21(22)24-25(32)28-26(31-29-24)30-27-16-20-8-4-7-11-23(20)33-17-19-14-12-18(2)13-15-19/h4-16H,3,17H2,1-2H3,(H,28,30,31)/b27-16+. The van der Waals surface area contributed by atoms with E-state index >= 15 is 0 Å². The Kier molecular flexibility index (Phi) is 5.68. The fourth-order valence-corrected chi connectivity index (χ4v) is 3.79. The molecule has 3 aromatic carbocycles. The molecule has 0 unspecified atom stereocenters. The van der Waals surface area contributed by atoms with Crippen LogP contribution in [0.3, 0.4) is 0 Å². The molecule has 1 N–H and O–H groups in total. The second-order valence-electron chi connectivity index (χ2n) is 7.75. The van der Waals surface area contributed by atoms with Gasteiger partial charge < -0.3 is 9.30 Å². The van der Waals surface area contributed by atoms with E-state index in [2.05, 4.69) is 74.5 Å². The molecule has 0 aliphatic rings. The van der Waals surface area contributed by atoms with Gasteiger partial charge in [-0.2, -0.15) is 10.1 Å². The number of rotatable bonds is 7. The largest absolute Gasteiger partial charge is 0.488 e. The molecule has 0 aliphatic carbocycles. The van der Waals surface area contributed by atoms with Gasteiger partial charge in [0, 0.05) is 17.5 Å². The minimum Gasteiger partial charge on any atom is -0.488 e. The van der Waals surface area contributed by atoms with Crippen LogP contribution in [0.1, 0.15) is 23.6 Å². The molecule has 5 rings (SSSR count). The molecule has 0 amide bonds. The summed E-state index contributed by atoms with van der Waals surface area (Å²) in [5.41, 5.74) is 8.77. The Morgan fingerprint density at radius 3 is 2.61 bits per heavy atom. The van der Waals surface area contributed by atoms with Crippen molar-refractivity contribution in [2.24, 2.45) is 5.10 Å². The van der Waals surface area contributed by atoms with Gasteiger partial charge in [0.15, 0.2) is 5.65 Å². The number of hydrogen-bond acceptors (Lipinski definition) is 6. The van der Waals surface area contributed by atoms with Crippen molar-refractivity contribution in [3.63, 3.8) is 0 Å². The lowest BCUT2D eigenvalue weighted by Gasteiger charge is -2.09. The summed E-state index contributed by atoms with van der Waals surface area (Å²) in [5, 5.41) is 14.0. The molecule has 7 heteroatoms. The average molecular weight is 437 g/mol. The highest BCUT2D eigenvalue weighted by atomic mass is 16.5. The Bertz CT molecular complexity index is 1440. The zero-order valence-corrected chi connectivity index (χ0v) is 18.6. The second-order valence-corrected chi connectivity index (χ2v) is 7.75. The molecule has 0 atom stereocenters. The lowest BCUT2D eigenvalue weighted by molar-refractivity contribution is 0.306. The average Bonchev–Trinajstić information content (AvgIpc) is 3.17. The minimum atomic E-state index is 0.342. The molecule has 5 aromatic rings. The van der Waals surface area contributed by atoms with Crippen LogP contribution in [-0.2, 0) is 13.2 Å². The summed E-state index contributed by atoms with van der Waals surface area (Å²) in [4.78, 5) is 4.65. The number of aromatic nitrogens is 4. The third kappa shape index (κ3) is 4.25. The lowest BCUT2D eigenvalue weighted by Crippen LogP contribution is -2.03. The van der Waals surface area contributed by atoms with E-state index in [0.717, 1.165) is 45.5 Å². The van der Waals surface area contributed by atoms with Crippen LogP contribution in [0.25, 0.3) is 22.1 Å². The van der Waals surface area contributed by atoms with Gasteiger partial charge in [-0.25, -0.2) is 5.43 Å². The number of hydrazone groups is 1. The van der Waals surface area contributed by atoms with E-state index in [9.17, 15) is 0 Å². The van der Waals surface area contributed by atoms with Gasteiger partial charge in [-0.3, -0.25) is 0 Å². The van der Waals surface area contributed by atoms with E-state index in [1.165, 1.54) is 5.56 Å². The molecule has 164 valence electrons. The fraction of sp³-hybridized carbons (Fsp3) is 0.154. The van der Waals surface area contributed by atoms with Crippen molar-refractivity contribution in [1.29, 1.82) is 0 Å². The summed E-state index contributed by atoms with van der Waals surface area (Å²) in [6.45, 7) is 5.44. The first-order chi connectivity index (χ1) is 16.2. The molecule has 7 nitrogen and oxygen atoms in total. The molecule has 0 radical (unpaired) electrons. The monoisotopic (exact) mass is 436 g/mol. The topological polar surface area (TPSA) is 77.2 Å². The Labute approximate surface area is 191 Å². The number of fused-ring (bicyclic) bond motifs is 3. The van der Waals surface area contributed by atoms with Crippen molar-refractivity contribution in [3.8, 4) is 5.75 Å². The molecule has 0 saturated carbocycles. The fourth-order valence-electron chi connectivity index (χ4n) is 3.79.